The second kappa shape index (κ2) is 12.8. The summed E-state index contributed by atoms with van der Waals surface area (Å²) < 4.78 is 6.41. The molecular weight excluding hydrogens is 436 g/mol. The van der Waals surface area contributed by atoms with Gasteiger partial charge in [-0.3, -0.25) is 14.5 Å². The van der Waals surface area contributed by atoms with E-state index >= 15 is 0 Å². The molecule has 186 valence electrons. The number of allylic oxidation sites excluding steroid dienone is 2. The Hall–Kier alpha value is -2.76. The standard InChI is InChI=1S/C30H38N2O3/c31-29(34)14-8-2-1-7-13-26-28(21-27(33)30(26)32-19-9-4-10-20-32)35-22-23-15-17-25(18-16-23)24-11-5-3-6-12-24/h1,3,5-7,11-12,15-18,26,28,30H,2,4,8-10,13-14,19-22H2,(H2,31,34)/b7-1+/t26-,28-,30+/m0/s1. The van der Waals surface area contributed by atoms with Crippen LogP contribution in [0.3, 0.4) is 0 Å². The van der Waals surface area contributed by atoms with Gasteiger partial charge < -0.3 is 10.5 Å². The van der Waals surface area contributed by atoms with E-state index in [1.165, 1.54) is 30.4 Å². The van der Waals surface area contributed by atoms with Gasteiger partial charge in [0.2, 0.25) is 5.91 Å². The zero-order valence-corrected chi connectivity index (χ0v) is 20.6. The summed E-state index contributed by atoms with van der Waals surface area (Å²) in [6.45, 7) is 2.52. The number of ether oxygens (including phenoxy) is 1. The second-order valence-electron chi connectivity index (χ2n) is 9.85. The Bertz CT molecular complexity index is 980. The molecule has 2 N–H and O–H groups in total. The van der Waals surface area contributed by atoms with Gasteiger partial charge in [0.1, 0.15) is 0 Å². The molecule has 5 nitrogen and oxygen atoms in total. The molecule has 1 heterocycles. The molecule has 0 radical (unpaired) electrons. The molecule has 0 spiro atoms. The van der Waals surface area contributed by atoms with Crippen molar-refractivity contribution in [3.63, 3.8) is 0 Å². The van der Waals surface area contributed by atoms with Crippen LogP contribution in [0.4, 0.5) is 0 Å². The first kappa shape index (κ1) is 25.3. The van der Waals surface area contributed by atoms with Crippen molar-refractivity contribution in [1.29, 1.82) is 0 Å². The number of carbonyl (C=O) groups is 2. The Morgan fingerprint density at radius 1 is 0.971 bits per heavy atom. The molecule has 0 unspecified atom stereocenters. The molecule has 2 aromatic carbocycles. The number of amides is 1. The summed E-state index contributed by atoms with van der Waals surface area (Å²) in [6, 6.07) is 18.8. The average Bonchev–Trinajstić information content (AvgIpc) is 3.20. The molecule has 1 saturated heterocycles. The van der Waals surface area contributed by atoms with Crippen LogP contribution in [0.5, 0.6) is 0 Å². The number of rotatable bonds is 11. The highest BCUT2D eigenvalue weighted by molar-refractivity contribution is 5.87. The van der Waals surface area contributed by atoms with Crippen LogP contribution in [0.25, 0.3) is 11.1 Å². The van der Waals surface area contributed by atoms with Crippen molar-refractivity contribution in [2.24, 2.45) is 11.7 Å². The van der Waals surface area contributed by atoms with E-state index in [9.17, 15) is 9.59 Å². The van der Waals surface area contributed by atoms with E-state index < -0.39 is 0 Å². The van der Waals surface area contributed by atoms with Crippen LogP contribution in [0.15, 0.2) is 66.7 Å². The SMILES string of the molecule is NC(=O)CCC/C=C/C[C@H]1[C@@H](OCc2ccc(-c3ccccc3)cc2)CC(=O)[C@@H]1N1CCCCC1. The third kappa shape index (κ3) is 7.12. The number of primary amides is 1. The van der Waals surface area contributed by atoms with E-state index in [1.807, 2.05) is 6.07 Å². The third-order valence-corrected chi connectivity index (χ3v) is 7.29. The van der Waals surface area contributed by atoms with Gasteiger partial charge in [-0.2, -0.15) is 0 Å². The number of nitrogens with zero attached hydrogens (tertiary/aromatic N) is 1. The topological polar surface area (TPSA) is 72.6 Å². The number of carbonyl (C=O) groups excluding carboxylic acids is 2. The maximum absolute atomic E-state index is 13.1. The Balaban J connectivity index is 1.38. The molecule has 1 aliphatic carbocycles. The van der Waals surface area contributed by atoms with E-state index in [0.29, 0.717) is 25.2 Å². The maximum Gasteiger partial charge on any atom is 0.217 e. The largest absolute Gasteiger partial charge is 0.373 e. The lowest BCUT2D eigenvalue weighted by atomic mass is 9.93. The molecule has 5 heteroatoms. The van der Waals surface area contributed by atoms with Gasteiger partial charge in [0, 0.05) is 18.8 Å². The summed E-state index contributed by atoms with van der Waals surface area (Å²) in [7, 11) is 0. The minimum absolute atomic E-state index is 0.0453. The van der Waals surface area contributed by atoms with Gasteiger partial charge in [0.05, 0.1) is 18.8 Å². The first-order chi connectivity index (χ1) is 17.1. The monoisotopic (exact) mass is 474 g/mol. The van der Waals surface area contributed by atoms with E-state index in [0.717, 1.165) is 37.9 Å². The quantitative estimate of drug-likeness (QED) is 0.355. The van der Waals surface area contributed by atoms with Crippen LogP contribution in [0.2, 0.25) is 0 Å². The number of hydrogen-bond donors (Lipinski definition) is 1. The molecule has 2 aliphatic rings. The van der Waals surface area contributed by atoms with Crippen LogP contribution in [-0.4, -0.2) is 41.8 Å². The fourth-order valence-corrected chi connectivity index (χ4v) is 5.44. The van der Waals surface area contributed by atoms with Crippen molar-refractivity contribution in [3.05, 3.63) is 72.3 Å². The Labute approximate surface area is 209 Å². The van der Waals surface area contributed by atoms with Gasteiger partial charge >= 0.3 is 0 Å². The number of nitrogens with two attached hydrogens (primary N) is 1. The van der Waals surface area contributed by atoms with Crippen LogP contribution in [0.1, 0.15) is 56.9 Å². The summed E-state index contributed by atoms with van der Waals surface area (Å²) in [4.78, 5) is 26.5. The lowest BCUT2D eigenvalue weighted by molar-refractivity contribution is -0.123. The number of hydrogen-bond acceptors (Lipinski definition) is 4. The Morgan fingerprint density at radius 2 is 1.69 bits per heavy atom. The molecule has 35 heavy (non-hydrogen) atoms. The first-order valence-electron chi connectivity index (χ1n) is 13.1. The molecule has 2 fully saturated rings. The summed E-state index contributed by atoms with van der Waals surface area (Å²) in [5.74, 6) is 0.232. The minimum Gasteiger partial charge on any atom is -0.373 e. The van der Waals surface area contributed by atoms with Gasteiger partial charge in [0.25, 0.3) is 0 Å². The molecule has 1 amide bonds. The minimum atomic E-state index is -0.254. The highest BCUT2D eigenvalue weighted by atomic mass is 16.5. The number of benzene rings is 2. The normalized spacial score (nSPS) is 23.2. The van der Waals surface area contributed by atoms with Crippen LogP contribution < -0.4 is 5.73 Å². The predicted octanol–water partition coefficient (Wildman–Crippen LogP) is 5.28. The fourth-order valence-electron chi connectivity index (χ4n) is 5.44. The zero-order chi connectivity index (χ0) is 24.5. The molecule has 0 aromatic heterocycles. The van der Waals surface area contributed by atoms with Crippen LogP contribution >= 0.6 is 0 Å². The summed E-state index contributed by atoms with van der Waals surface area (Å²) in [6.07, 6.45) is 11.1. The van der Waals surface area contributed by atoms with Gasteiger partial charge in [-0.25, -0.2) is 0 Å². The Kier molecular flexibility index (Phi) is 9.27. The van der Waals surface area contributed by atoms with Crippen molar-refractivity contribution in [2.75, 3.05) is 13.1 Å². The average molecular weight is 475 g/mol. The fraction of sp³-hybridized carbons (Fsp3) is 0.467. The number of unbranched alkanes of at least 4 members (excludes halogenated alkanes) is 1. The van der Waals surface area contributed by atoms with Crippen molar-refractivity contribution in [1.82, 2.24) is 4.90 Å². The van der Waals surface area contributed by atoms with Crippen molar-refractivity contribution >= 4 is 11.7 Å². The first-order valence-corrected chi connectivity index (χ1v) is 13.1. The second-order valence-corrected chi connectivity index (χ2v) is 9.85. The van der Waals surface area contributed by atoms with Gasteiger partial charge in [-0.15, -0.1) is 0 Å². The molecule has 1 aliphatic heterocycles. The number of piperidine rings is 1. The maximum atomic E-state index is 13.1. The zero-order valence-electron chi connectivity index (χ0n) is 20.6. The molecule has 0 bridgehead atoms. The lowest BCUT2D eigenvalue weighted by Crippen LogP contribution is -2.46. The number of Topliss-reactive ketones (excluding diaryl/α,β-unsaturated/α-hetero) is 1. The smallest absolute Gasteiger partial charge is 0.217 e. The van der Waals surface area contributed by atoms with Gasteiger partial charge in [-0.1, -0.05) is 73.2 Å². The summed E-state index contributed by atoms with van der Waals surface area (Å²) >= 11 is 0. The molecule has 3 atom stereocenters. The highest BCUT2D eigenvalue weighted by Crippen LogP contribution is 2.35. The van der Waals surface area contributed by atoms with Crippen molar-refractivity contribution in [3.8, 4) is 11.1 Å². The van der Waals surface area contributed by atoms with Gasteiger partial charge in [0.15, 0.2) is 5.78 Å². The lowest BCUT2D eigenvalue weighted by Gasteiger charge is -2.35. The van der Waals surface area contributed by atoms with Crippen LogP contribution in [-0.2, 0) is 20.9 Å². The van der Waals surface area contributed by atoms with Crippen LogP contribution in [0, 0.1) is 5.92 Å². The molecular formula is C30H38N2O3. The summed E-state index contributed by atoms with van der Waals surface area (Å²) in [5, 5.41) is 0. The van der Waals surface area contributed by atoms with E-state index in [-0.39, 0.29) is 24.0 Å². The van der Waals surface area contributed by atoms with E-state index in [2.05, 4.69) is 65.6 Å². The summed E-state index contributed by atoms with van der Waals surface area (Å²) in [5.41, 5.74) is 8.75. The molecule has 2 aromatic rings. The van der Waals surface area contributed by atoms with Gasteiger partial charge in [-0.05, 0) is 61.9 Å². The Morgan fingerprint density at radius 3 is 2.40 bits per heavy atom. The molecule has 1 saturated carbocycles. The number of ketones is 1. The van der Waals surface area contributed by atoms with Crippen molar-refractivity contribution < 1.29 is 14.3 Å². The predicted molar refractivity (Wildman–Crippen MR) is 140 cm³/mol. The van der Waals surface area contributed by atoms with Crippen molar-refractivity contribution in [2.45, 2.75) is 70.1 Å². The highest BCUT2D eigenvalue weighted by Gasteiger charge is 2.45. The van der Waals surface area contributed by atoms with E-state index in [4.69, 9.17) is 10.5 Å². The van der Waals surface area contributed by atoms with E-state index in [1.54, 1.807) is 0 Å². The number of likely N-dealkylation sites (tertiary alicyclic amines) is 1. The molecule has 4 rings (SSSR count). The third-order valence-electron chi connectivity index (χ3n) is 7.29.